The Morgan fingerprint density at radius 3 is 2.81 bits per heavy atom. The summed E-state index contributed by atoms with van der Waals surface area (Å²) in [7, 11) is 1.63. The lowest BCUT2D eigenvalue weighted by atomic mass is 10.1. The van der Waals surface area contributed by atoms with Crippen LogP contribution in [0.25, 0.3) is 10.9 Å². The van der Waals surface area contributed by atoms with E-state index in [4.69, 9.17) is 4.74 Å². The van der Waals surface area contributed by atoms with Crippen molar-refractivity contribution < 1.29 is 9.53 Å². The Morgan fingerprint density at radius 2 is 2.00 bits per heavy atom. The minimum absolute atomic E-state index is 0.0446. The standard InChI is InChI=1S/C20H18N4O2S/c1-26-15-8-6-13(7-9-15)10-18-19(25)23-20(27-18)24-22-12-14-11-21-17-5-3-2-4-16(14)17/h2-9,11-12,18,21H,10H2,1H3,(H,23,24,25)/b22-12-/t18-/m0/s1. The van der Waals surface area contributed by atoms with E-state index in [1.165, 1.54) is 11.8 Å². The highest BCUT2D eigenvalue weighted by molar-refractivity contribution is 8.15. The number of hydrogen-bond acceptors (Lipinski definition) is 5. The van der Waals surface area contributed by atoms with Crippen molar-refractivity contribution in [3.05, 3.63) is 65.9 Å². The Bertz CT molecular complexity index is 1020. The van der Waals surface area contributed by atoms with Crippen molar-refractivity contribution in [3.8, 4) is 5.75 Å². The highest BCUT2D eigenvalue weighted by Crippen LogP contribution is 2.24. The summed E-state index contributed by atoms with van der Waals surface area (Å²) >= 11 is 1.40. The summed E-state index contributed by atoms with van der Waals surface area (Å²) in [5, 5.41) is 12.5. The molecule has 1 aromatic heterocycles. The zero-order valence-electron chi connectivity index (χ0n) is 14.7. The summed E-state index contributed by atoms with van der Waals surface area (Å²) in [6.45, 7) is 0. The Hall–Kier alpha value is -3.06. The van der Waals surface area contributed by atoms with Gasteiger partial charge in [0, 0.05) is 22.7 Å². The van der Waals surface area contributed by atoms with Gasteiger partial charge in [0.15, 0.2) is 5.17 Å². The van der Waals surface area contributed by atoms with Gasteiger partial charge in [-0.2, -0.15) is 5.10 Å². The summed E-state index contributed by atoms with van der Waals surface area (Å²) in [5.74, 6) is 0.757. The van der Waals surface area contributed by atoms with Gasteiger partial charge in [-0.05, 0) is 30.2 Å². The molecule has 3 aromatic rings. The topological polar surface area (TPSA) is 78.8 Å². The highest BCUT2D eigenvalue weighted by Gasteiger charge is 2.30. The predicted molar refractivity (Wildman–Crippen MR) is 110 cm³/mol. The Morgan fingerprint density at radius 1 is 1.19 bits per heavy atom. The molecule has 2 aromatic carbocycles. The summed E-state index contributed by atoms with van der Waals surface area (Å²) in [4.78, 5) is 15.4. The lowest BCUT2D eigenvalue weighted by molar-refractivity contribution is -0.118. The second kappa shape index (κ2) is 7.67. The van der Waals surface area contributed by atoms with Gasteiger partial charge in [-0.25, -0.2) is 0 Å². The van der Waals surface area contributed by atoms with E-state index in [0.29, 0.717) is 11.6 Å². The Balaban J connectivity index is 1.42. The minimum Gasteiger partial charge on any atom is -0.497 e. The first kappa shape index (κ1) is 17.4. The number of aromatic nitrogens is 1. The number of hydrogen-bond donors (Lipinski definition) is 2. The molecule has 2 heterocycles. The Kier molecular flexibility index (Phi) is 4.93. The van der Waals surface area contributed by atoms with Crippen LogP contribution in [-0.4, -0.2) is 34.6 Å². The van der Waals surface area contributed by atoms with E-state index in [-0.39, 0.29) is 11.2 Å². The molecule has 0 bridgehead atoms. The number of amides is 1. The molecule has 1 atom stereocenters. The van der Waals surface area contributed by atoms with Crippen molar-refractivity contribution in [3.63, 3.8) is 0 Å². The SMILES string of the molecule is COc1ccc(C[C@@H]2S/C(=N\N=C/c3c[nH]c4ccccc34)NC2=O)cc1. The fourth-order valence-corrected chi connectivity index (χ4v) is 3.87. The molecule has 2 N–H and O–H groups in total. The van der Waals surface area contributed by atoms with Crippen LogP contribution in [0.3, 0.4) is 0 Å². The van der Waals surface area contributed by atoms with Gasteiger partial charge >= 0.3 is 0 Å². The Labute approximate surface area is 160 Å². The van der Waals surface area contributed by atoms with Crippen LogP contribution in [0.2, 0.25) is 0 Å². The quantitative estimate of drug-likeness (QED) is 0.528. The van der Waals surface area contributed by atoms with E-state index in [9.17, 15) is 4.79 Å². The maximum atomic E-state index is 12.2. The maximum absolute atomic E-state index is 12.2. The monoisotopic (exact) mass is 378 g/mol. The van der Waals surface area contributed by atoms with E-state index in [0.717, 1.165) is 27.8 Å². The highest BCUT2D eigenvalue weighted by atomic mass is 32.2. The van der Waals surface area contributed by atoms with Crippen molar-refractivity contribution in [2.24, 2.45) is 10.2 Å². The molecule has 136 valence electrons. The lowest BCUT2D eigenvalue weighted by Crippen LogP contribution is -2.25. The third-order valence-corrected chi connectivity index (χ3v) is 5.40. The van der Waals surface area contributed by atoms with Crippen molar-refractivity contribution in [2.45, 2.75) is 11.7 Å². The zero-order valence-corrected chi connectivity index (χ0v) is 15.5. The molecule has 0 unspecified atom stereocenters. The van der Waals surface area contributed by atoms with Crippen molar-refractivity contribution in [1.29, 1.82) is 0 Å². The first-order valence-electron chi connectivity index (χ1n) is 8.50. The van der Waals surface area contributed by atoms with Gasteiger partial charge in [0.25, 0.3) is 0 Å². The van der Waals surface area contributed by atoms with Gasteiger partial charge in [0.05, 0.1) is 18.6 Å². The fraction of sp³-hybridized carbons (Fsp3) is 0.150. The molecule has 1 saturated heterocycles. The van der Waals surface area contributed by atoms with Gasteiger partial charge in [0.1, 0.15) is 5.75 Å². The van der Waals surface area contributed by atoms with E-state index in [1.807, 2.05) is 54.7 Å². The summed E-state index contributed by atoms with van der Waals surface area (Å²) in [5.41, 5.74) is 3.08. The number of benzene rings is 2. The molecule has 0 spiro atoms. The smallest absolute Gasteiger partial charge is 0.239 e. The molecule has 0 aliphatic carbocycles. The molecular formula is C20H18N4O2S. The molecule has 1 fully saturated rings. The lowest BCUT2D eigenvalue weighted by Gasteiger charge is -2.06. The van der Waals surface area contributed by atoms with Gasteiger partial charge in [-0.1, -0.05) is 42.1 Å². The van der Waals surface area contributed by atoms with Crippen LogP contribution < -0.4 is 10.1 Å². The molecule has 27 heavy (non-hydrogen) atoms. The average molecular weight is 378 g/mol. The van der Waals surface area contributed by atoms with Gasteiger partial charge in [0.2, 0.25) is 5.91 Å². The number of thioether (sulfide) groups is 1. The molecular weight excluding hydrogens is 360 g/mol. The van der Waals surface area contributed by atoms with Crippen LogP contribution in [-0.2, 0) is 11.2 Å². The number of para-hydroxylation sites is 1. The zero-order chi connectivity index (χ0) is 18.6. The second-order valence-electron chi connectivity index (χ2n) is 6.09. The third-order valence-electron chi connectivity index (χ3n) is 4.32. The third kappa shape index (κ3) is 3.88. The van der Waals surface area contributed by atoms with Gasteiger partial charge in [-0.3, -0.25) is 4.79 Å². The molecule has 1 aliphatic heterocycles. The summed E-state index contributed by atoms with van der Waals surface area (Å²) in [6.07, 6.45) is 4.21. The molecule has 6 nitrogen and oxygen atoms in total. The number of fused-ring (bicyclic) bond motifs is 1. The number of methoxy groups -OCH3 is 1. The number of ether oxygens (including phenoxy) is 1. The minimum atomic E-state index is -0.208. The van der Waals surface area contributed by atoms with E-state index in [2.05, 4.69) is 20.5 Å². The van der Waals surface area contributed by atoms with Crippen LogP contribution in [0.4, 0.5) is 0 Å². The first-order chi connectivity index (χ1) is 13.2. The van der Waals surface area contributed by atoms with Crippen molar-refractivity contribution >= 4 is 40.0 Å². The van der Waals surface area contributed by atoms with Crippen LogP contribution in [0, 0.1) is 0 Å². The molecule has 1 amide bonds. The van der Waals surface area contributed by atoms with Crippen molar-refractivity contribution in [1.82, 2.24) is 10.3 Å². The number of H-pyrrole nitrogens is 1. The van der Waals surface area contributed by atoms with Crippen molar-refractivity contribution in [2.75, 3.05) is 7.11 Å². The first-order valence-corrected chi connectivity index (χ1v) is 9.38. The average Bonchev–Trinajstić information content (AvgIpc) is 3.26. The number of nitrogens with one attached hydrogen (secondary N) is 2. The number of rotatable bonds is 5. The van der Waals surface area contributed by atoms with Gasteiger partial charge in [-0.15, -0.1) is 5.10 Å². The molecule has 0 radical (unpaired) electrons. The normalized spacial score (nSPS) is 18.5. The number of carbonyl (C=O) groups is 1. The number of carbonyl (C=O) groups excluding carboxylic acids is 1. The van der Waals surface area contributed by atoms with Crippen LogP contribution in [0.5, 0.6) is 5.75 Å². The van der Waals surface area contributed by atoms with Crippen LogP contribution in [0.1, 0.15) is 11.1 Å². The van der Waals surface area contributed by atoms with Gasteiger partial charge < -0.3 is 15.0 Å². The second-order valence-corrected chi connectivity index (χ2v) is 7.28. The summed E-state index contributed by atoms with van der Waals surface area (Å²) in [6, 6.07) is 15.7. The fourth-order valence-electron chi connectivity index (χ4n) is 2.91. The molecule has 1 aliphatic rings. The molecule has 0 saturated carbocycles. The number of amidine groups is 1. The van der Waals surface area contributed by atoms with E-state index >= 15 is 0 Å². The maximum Gasteiger partial charge on any atom is 0.239 e. The summed E-state index contributed by atoms with van der Waals surface area (Å²) < 4.78 is 5.16. The van der Waals surface area contributed by atoms with Crippen LogP contribution >= 0.6 is 11.8 Å². The largest absolute Gasteiger partial charge is 0.497 e. The van der Waals surface area contributed by atoms with E-state index in [1.54, 1.807) is 13.3 Å². The predicted octanol–water partition coefficient (Wildman–Crippen LogP) is 3.34. The number of aromatic amines is 1. The van der Waals surface area contributed by atoms with Crippen LogP contribution in [0.15, 0.2) is 64.9 Å². The molecule has 7 heteroatoms. The number of nitrogens with zero attached hydrogens (tertiary/aromatic N) is 2. The van der Waals surface area contributed by atoms with E-state index < -0.39 is 0 Å². The molecule has 4 rings (SSSR count).